The number of carbonyl (C=O) groups is 3. The molecule has 2 aromatic carbocycles. The van der Waals surface area contributed by atoms with Crippen LogP contribution in [0.4, 0.5) is 11.4 Å². The van der Waals surface area contributed by atoms with Crippen LogP contribution >= 0.6 is 0 Å². The Balaban J connectivity index is 1.60. The lowest BCUT2D eigenvalue weighted by Gasteiger charge is -2.19. The molecule has 1 fully saturated rings. The Labute approximate surface area is 162 Å². The van der Waals surface area contributed by atoms with Gasteiger partial charge in [0.25, 0.3) is 5.91 Å². The monoisotopic (exact) mass is 383 g/mol. The Morgan fingerprint density at radius 1 is 1.18 bits per heavy atom. The van der Waals surface area contributed by atoms with Crippen LogP contribution in [0.5, 0.6) is 11.5 Å². The number of nitrogens with zero attached hydrogens (tertiary/aromatic N) is 1. The fourth-order valence-corrected chi connectivity index (χ4v) is 2.94. The van der Waals surface area contributed by atoms with Gasteiger partial charge in [-0.3, -0.25) is 14.4 Å². The van der Waals surface area contributed by atoms with Crippen molar-refractivity contribution in [2.24, 2.45) is 5.73 Å². The molecule has 1 heterocycles. The molecule has 146 valence electrons. The third-order valence-electron chi connectivity index (χ3n) is 4.34. The highest BCUT2D eigenvalue weighted by atomic mass is 16.5. The number of hydrogen-bond donors (Lipinski definition) is 2. The Morgan fingerprint density at radius 3 is 2.54 bits per heavy atom. The number of hydrogen-bond acceptors (Lipinski definition) is 5. The first-order chi connectivity index (χ1) is 13.5. The van der Waals surface area contributed by atoms with Gasteiger partial charge in [0, 0.05) is 30.3 Å². The van der Waals surface area contributed by atoms with Crippen molar-refractivity contribution in [3.8, 4) is 11.5 Å². The van der Waals surface area contributed by atoms with Crippen molar-refractivity contribution in [3.63, 3.8) is 0 Å². The summed E-state index contributed by atoms with van der Waals surface area (Å²) in [5.41, 5.74) is 6.76. The molecule has 8 heteroatoms. The highest BCUT2D eigenvalue weighted by molar-refractivity contribution is 5.98. The number of carbonyl (C=O) groups excluding carboxylic acids is 3. The number of primary amides is 1. The van der Waals surface area contributed by atoms with Gasteiger partial charge < -0.3 is 25.4 Å². The molecule has 0 bridgehead atoms. The highest BCUT2D eigenvalue weighted by Gasteiger charge is 2.24. The number of nitrogens with two attached hydrogens (primary N) is 1. The second kappa shape index (κ2) is 8.43. The third kappa shape index (κ3) is 4.40. The highest BCUT2D eigenvalue weighted by Crippen LogP contribution is 2.33. The van der Waals surface area contributed by atoms with Gasteiger partial charge >= 0.3 is 0 Å². The molecule has 1 aliphatic heterocycles. The summed E-state index contributed by atoms with van der Waals surface area (Å²) < 4.78 is 10.8. The molecule has 0 atom stereocenters. The molecule has 0 unspecified atom stereocenters. The quantitative estimate of drug-likeness (QED) is 0.759. The first-order valence-corrected chi connectivity index (χ1v) is 8.79. The number of rotatable bonds is 7. The normalized spacial score (nSPS) is 13.3. The van der Waals surface area contributed by atoms with Crippen molar-refractivity contribution in [2.45, 2.75) is 12.8 Å². The molecule has 3 N–H and O–H groups in total. The van der Waals surface area contributed by atoms with Gasteiger partial charge in [0.2, 0.25) is 11.8 Å². The lowest BCUT2D eigenvalue weighted by Crippen LogP contribution is -2.24. The van der Waals surface area contributed by atoms with Crippen LogP contribution in [0.2, 0.25) is 0 Å². The van der Waals surface area contributed by atoms with Gasteiger partial charge in [0.1, 0.15) is 11.5 Å². The van der Waals surface area contributed by atoms with Crippen LogP contribution in [-0.4, -0.2) is 38.0 Å². The summed E-state index contributed by atoms with van der Waals surface area (Å²) in [6.07, 6.45) is 1.34. The molecule has 1 aliphatic rings. The molecule has 0 radical (unpaired) electrons. The van der Waals surface area contributed by atoms with E-state index in [0.29, 0.717) is 41.4 Å². The molecule has 3 amide bonds. The van der Waals surface area contributed by atoms with E-state index in [0.717, 1.165) is 6.42 Å². The van der Waals surface area contributed by atoms with E-state index in [-0.39, 0.29) is 18.4 Å². The molecule has 1 saturated heterocycles. The second-order valence-corrected chi connectivity index (χ2v) is 6.26. The van der Waals surface area contributed by atoms with Gasteiger partial charge in [-0.1, -0.05) is 0 Å². The summed E-state index contributed by atoms with van der Waals surface area (Å²) in [5.74, 6) is 0.130. The minimum atomic E-state index is -0.530. The summed E-state index contributed by atoms with van der Waals surface area (Å²) in [4.78, 5) is 36.8. The van der Waals surface area contributed by atoms with E-state index >= 15 is 0 Å². The third-order valence-corrected chi connectivity index (χ3v) is 4.34. The Morgan fingerprint density at radius 2 is 1.93 bits per heavy atom. The Kier molecular flexibility index (Phi) is 5.78. The van der Waals surface area contributed by atoms with Crippen LogP contribution in [0, 0.1) is 0 Å². The van der Waals surface area contributed by atoms with E-state index in [4.69, 9.17) is 15.2 Å². The zero-order valence-electron chi connectivity index (χ0n) is 15.4. The summed E-state index contributed by atoms with van der Waals surface area (Å²) >= 11 is 0. The minimum absolute atomic E-state index is 0.0610. The molecule has 28 heavy (non-hydrogen) atoms. The molecular weight excluding hydrogens is 362 g/mol. The van der Waals surface area contributed by atoms with Gasteiger partial charge in [0.15, 0.2) is 6.61 Å². The molecule has 3 rings (SSSR count). The van der Waals surface area contributed by atoms with Crippen molar-refractivity contribution in [1.29, 1.82) is 0 Å². The maximum absolute atomic E-state index is 12.1. The summed E-state index contributed by atoms with van der Waals surface area (Å²) in [7, 11) is 1.52. The molecule has 2 aromatic rings. The second-order valence-electron chi connectivity index (χ2n) is 6.26. The number of amides is 3. The predicted molar refractivity (Wildman–Crippen MR) is 104 cm³/mol. The average molecular weight is 383 g/mol. The van der Waals surface area contributed by atoms with E-state index in [1.807, 2.05) is 0 Å². The molecule has 0 aromatic heterocycles. The average Bonchev–Trinajstić information content (AvgIpc) is 3.12. The number of anilines is 2. The molecule has 0 spiro atoms. The topological polar surface area (TPSA) is 111 Å². The fraction of sp³-hybridized carbons (Fsp3) is 0.250. The number of nitrogens with one attached hydrogen (secondary N) is 1. The maximum Gasteiger partial charge on any atom is 0.262 e. The van der Waals surface area contributed by atoms with E-state index in [2.05, 4.69) is 5.32 Å². The maximum atomic E-state index is 12.1. The lowest BCUT2D eigenvalue weighted by atomic mass is 10.2. The van der Waals surface area contributed by atoms with Gasteiger partial charge in [-0.25, -0.2) is 0 Å². The van der Waals surface area contributed by atoms with Crippen molar-refractivity contribution in [1.82, 2.24) is 0 Å². The number of benzene rings is 2. The van der Waals surface area contributed by atoms with E-state index in [1.54, 1.807) is 35.2 Å². The Bertz CT molecular complexity index is 895. The van der Waals surface area contributed by atoms with E-state index < -0.39 is 5.91 Å². The largest absolute Gasteiger partial charge is 0.494 e. The van der Waals surface area contributed by atoms with Crippen molar-refractivity contribution >= 4 is 29.1 Å². The number of methoxy groups -OCH3 is 1. The van der Waals surface area contributed by atoms with Crippen molar-refractivity contribution in [3.05, 3.63) is 48.0 Å². The molecule has 0 aliphatic carbocycles. The Hall–Kier alpha value is -3.55. The van der Waals surface area contributed by atoms with E-state index in [1.165, 1.54) is 19.2 Å². The summed E-state index contributed by atoms with van der Waals surface area (Å²) in [5, 5.41) is 2.72. The van der Waals surface area contributed by atoms with Crippen LogP contribution in [0.25, 0.3) is 0 Å². The molecule has 0 saturated carbocycles. The van der Waals surface area contributed by atoms with E-state index in [9.17, 15) is 14.4 Å². The van der Waals surface area contributed by atoms with Crippen molar-refractivity contribution in [2.75, 3.05) is 30.5 Å². The predicted octanol–water partition coefficient (Wildman–Crippen LogP) is 1.94. The fourth-order valence-electron chi connectivity index (χ4n) is 2.94. The van der Waals surface area contributed by atoms with Crippen LogP contribution in [0.3, 0.4) is 0 Å². The van der Waals surface area contributed by atoms with Crippen LogP contribution < -0.4 is 25.4 Å². The first kappa shape index (κ1) is 19.2. The zero-order valence-corrected chi connectivity index (χ0v) is 15.4. The zero-order chi connectivity index (χ0) is 20.1. The summed E-state index contributed by atoms with van der Waals surface area (Å²) in [6.45, 7) is 0.452. The van der Waals surface area contributed by atoms with Crippen LogP contribution in [0.15, 0.2) is 42.5 Å². The van der Waals surface area contributed by atoms with Gasteiger partial charge in [0.05, 0.1) is 12.8 Å². The number of ether oxygens (including phenoxy) is 2. The summed E-state index contributed by atoms with van der Waals surface area (Å²) in [6, 6.07) is 11.3. The molecule has 8 nitrogen and oxygen atoms in total. The van der Waals surface area contributed by atoms with Crippen LogP contribution in [0.1, 0.15) is 23.2 Å². The smallest absolute Gasteiger partial charge is 0.262 e. The SMILES string of the molecule is COc1cc(NC(=O)COc2ccc(C(N)=O)cc2)ccc1N1CCCC1=O. The van der Waals surface area contributed by atoms with Gasteiger partial charge in [-0.05, 0) is 42.8 Å². The van der Waals surface area contributed by atoms with Gasteiger partial charge in [-0.2, -0.15) is 0 Å². The van der Waals surface area contributed by atoms with Gasteiger partial charge in [-0.15, -0.1) is 0 Å². The van der Waals surface area contributed by atoms with Crippen molar-refractivity contribution < 1.29 is 23.9 Å². The van der Waals surface area contributed by atoms with Crippen LogP contribution in [-0.2, 0) is 9.59 Å². The standard InChI is InChI=1S/C20H21N3O5/c1-27-17-11-14(6-9-16(17)23-10-2-3-19(23)25)22-18(24)12-28-15-7-4-13(5-8-15)20(21)26/h4-9,11H,2-3,10,12H2,1H3,(H2,21,26)(H,22,24). The minimum Gasteiger partial charge on any atom is -0.494 e. The first-order valence-electron chi connectivity index (χ1n) is 8.79. The molecular formula is C20H21N3O5. The lowest BCUT2D eigenvalue weighted by molar-refractivity contribution is -0.118.